The highest BCUT2D eigenvalue weighted by Crippen LogP contribution is 2.55. The van der Waals surface area contributed by atoms with Crippen LogP contribution in [0.1, 0.15) is 32.0 Å². The summed E-state index contributed by atoms with van der Waals surface area (Å²) in [6.45, 7) is -3.10. The number of aromatic nitrogens is 8. The summed E-state index contributed by atoms with van der Waals surface area (Å²) in [5.41, 5.74) is 8.36. The van der Waals surface area contributed by atoms with Crippen LogP contribution < -0.4 is 5.73 Å². The van der Waals surface area contributed by atoms with E-state index in [-0.39, 0.29) is 24.9 Å². The van der Waals surface area contributed by atoms with Gasteiger partial charge in [0.15, 0.2) is 23.3 Å². The summed E-state index contributed by atoms with van der Waals surface area (Å²) < 4.78 is 39.5. The van der Waals surface area contributed by atoms with E-state index in [1.807, 2.05) is 13.8 Å². The zero-order chi connectivity index (χ0) is 32.5. The first-order chi connectivity index (χ1) is 21.8. The number of aryl methyl sites for hydroxylation is 1. The van der Waals surface area contributed by atoms with Gasteiger partial charge in [0.05, 0.1) is 31.6 Å². The van der Waals surface area contributed by atoms with Crippen LogP contribution >= 0.6 is 13.4 Å². The highest BCUT2D eigenvalue weighted by Gasteiger charge is 2.53. The van der Waals surface area contributed by atoms with Gasteiger partial charge in [0.2, 0.25) is 0 Å². The lowest BCUT2D eigenvalue weighted by atomic mass is 9.88. The van der Waals surface area contributed by atoms with Gasteiger partial charge in [0.25, 0.3) is 0 Å². The molecule has 4 aromatic rings. The van der Waals surface area contributed by atoms with E-state index < -0.39 is 62.3 Å². The van der Waals surface area contributed by atoms with E-state index in [2.05, 4.69) is 29.9 Å². The summed E-state index contributed by atoms with van der Waals surface area (Å²) in [4.78, 5) is 48.1. The van der Waals surface area contributed by atoms with Crippen LogP contribution in [0, 0.1) is 18.8 Å². The molecule has 10 atom stereocenters. The second-order valence-corrected chi connectivity index (χ2v) is 17.1. The van der Waals surface area contributed by atoms with Crippen molar-refractivity contribution < 1.29 is 42.5 Å². The summed E-state index contributed by atoms with van der Waals surface area (Å²) in [5, 5.41) is 11.3. The summed E-state index contributed by atoms with van der Waals surface area (Å²) in [5.74, 6) is -0.355. The summed E-state index contributed by atoms with van der Waals surface area (Å²) >= 11 is 10.9. The van der Waals surface area contributed by atoms with Gasteiger partial charge < -0.3 is 43.7 Å². The molecule has 0 amide bonds. The Labute approximate surface area is 271 Å². The summed E-state index contributed by atoms with van der Waals surface area (Å²) in [6.07, 6.45) is -1.69. The van der Waals surface area contributed by atoms with Crippen LogP contribution in [-0.4, -0.2) is 97.7 Å². The Bertz CT molecular complexity index is 1880. The second-order valence-electron chi connectivity index (χ2n) is 11.5. The number of nitrogens with zero attached hydrogens (tertiary/aromatic N) is 8. The van der Waals surface area contributed by atoms with Crippen LogP contribution in [-0.2, 0) is 51.2 Å². The minimum absolute atomic E-state index is 0.102. The van der Waals surface area contributed by atoms with Gasteiger partial charge in [0.1, 0.15) is 60.4 Å². The fourth-order valence-corrected chi connectivity index (χ4v) is 8.97. The number of aliphatic hydroxyl groups is 1. The van der Waals surface area contributed by atoms with Gasteiger partial charge in [-0.25, -0.2) is 29.9 Å². The Balaban J connectivity index is 1.23. The maximum Gasteiger partial charge on any atom is 0.325 e. The van der Waals surface area contributed by atoms with Gasteiger partial charge in [-0.1, -0.05) is 13.8 Å². The van der Waals surface area contributed by atoms with Crippen molar-refractivity contribution in [2.45, 2.75) is 63.7 Å². The number of imidazole rings is 2. The van der Waals surface area contributed by atoms with E-state index >= 15 is 0 Å². The van der Waals surface area contributed by atoms with Gasteiger partial charge in [-0.05, 0) is 36.5 Å². The lowest BCUT2D eigenvalue weighted by Gasteiger charge is -2.31. The van der Waals surface area contributed by atoms with Gasteiger partial charge in [-0.2, -0.15) is 0 Å². The van der Waals surface area contributed by atoms with Gasteiger partial charge >= 0.3 is 13.4 Å². The summed E-state index contributed by atoms with van der Waals surface area (Å²) in [6, 6.07) is 0. The van der Waals surface area contributed by atoms with Crippen LogP contribution in [0.25, 0.3) is 22.3 Å². The number of hydrogen-bond donors (Lipinski definition) is 4. The van der Waals surface area contributed by atoms with E-state index in [0.29, 0.717) is 28.0 Å². The third-order valence-corrected chi connectivity index (χ3v) is 11.4. The number of anilines is 1. The average molecular weight is 716 g/mol. The molecule has 18 nitrogen and oxygen atoms in total. The number of hydrogen-bond acceptors (Lipinski definition) is 16. The number of aliphatic hydroxyl groups excluding tert-OH is 1. The maximum absolute atomic E-state index is 11.3. The van der Waals surface area contributed by atoms with Gasteiger partial charge in [0, 0.05) is 5.92 Å². The molecule has 7 rings (SSSR count). The highest BCUT2D eigenvalue weighted by molar-refractivity contribution is 8.07. The van der Waals surface area contributed by atoms with Crippen LogP contribution in [0.15, 0.2) is 25.3 Å². The molecule has 4 aromatic heterocycles. The normalized spacial score (nSPS) is 37.3. The molecule has 2 bridgehead atoms. The van der Waals surface area contributed by atoms with Crippen molar-refractivity contribution in [3.63, 3.8) is 0 Å². The number of rotatable bonds is 3. The van der Waals surface area contributed by atoms with E-state index in [1.165, 1.54) is 29.9 Å². The summed E-state index contributed by atoms with van der Waals surface area (Å²) in [7, 11) is 0. The molecule has 3 aliphatic rings. The predicted octanol–water partition coefficient (Wildman–Crippen LogP) is 1.24. The van der Waals surface area contributed by atoms with Crippen molar-refractivity contribution in [2.75, 3.05) is 18.9 Å². The fraction of sp³-hybridized carbons (Fsp3) is 0.583. The van der Waals surface area contributed by atoms with E-state index in [0.717, 1.165) is 0 Å². The van der Waals surface area contributed by atoms with Crippen LogP contribution in [0.5, 0.6) is 0 Å². The first kappa shape index (κ1) is 32.4. The topological polar surface area (TPSA) is 229 Å². The number of nitrogens with two attached hydrogens (primary N) is 1. The molecule has 0 aliphatic carbocycles. The molecule has 3 aliphatic heterocycles. The molecular weight excluding hydrogens is 684 g/mol. The third kappa shape index (κ3) is 5.78. The minimum Gasteiger partial charge on any atom is -0.387 e. The Hall–Kier alpha value is -2.16. The van der Waals surface area contributed by atoms with E-state index in [1.54, 1.807) is 11.5 Å². The van der Waals surface area contributed by atoms with Crippen molar-refractivity contribution in [3.05, 3.63) is 31.0 Å². The number of ether oxygens (including phenoxy) is 2. The van der Waals surface area contributed by atoms with Crippen molar-refractivity contribution in [3.8, 4) is 0 Å². The molecule has 7 heterocycles. The Morgan fingerprint density at radius 2 is 1.39 bits per heavy atom. The van der Waals surface area contributed by atoms with Crippen molar-refractivity contribution >= 4 is 65.2 Å². The lowest BCUT2D eigenvalue weighted by Crippen LogP contribution is -2.35. The van der Waals surface area contributed by atoms with Crippen LogP contribution in [0.4, 0.5) is 5.82 Å². The monoisotopic (exact) mass is 715 g/mol. The SMILES string of the molecule is Cc1ncnc2c1ncn2[C@@H]1O[C@@H]2COP(O)(=S)O[C@H]3[C@@H](C(C)C)[C@H](n4cnc5c(N)ncnc54)O[C@@H]3COP(O)(=S)O[C@@H]1[C@@H]2O. The van der Waals surface area contributed by atoms with Crippen molar-refractivity contribution in [1.29, 1.82) is 0 Å². The first-order valence-corrected chi connectivity index (χ1v) is 19.4. The molecule has 22 heteroatoms. The smallest absolute Gasteiger partial charge is 0.325 e. The molecule has 2 unspecified atom stereocenters. The zero-order valence-corrected chi connectivity index (χ0v) is 28.0. The Morgan fingerprint density at radius 3 is 2.09 bits per heavy atom. The molecule has 5 N–H and O–H groups in total. The first-order valence-electron chi connectivity index (χ1n) is 14.2. The molecule has 46 heavy (non-hydrogen) atoms. The molecule has 3 fully saturated rings. The molecule has 0 spiro atoms. The van der Waals surface area contributed by atoms with E-state index in [9.17, 15) is 14.9 Å². The highest BCUT2D eigenvalue weighted by atomic mass is 32.5. The lowest BCUT2D eigenvalue weighted by molar-refractivity contribution is -0.0602. The number of fused-ring (bicyclic) bond motifs is 5. The minimum atomic E-state index is -4.08. The van der Waals surface area contributed by atoms with Gasteiger partial charge in [-0.3, -0.25) is 13.7 Å². The second kappa shape index (κ2) is 12.1. The van der Waals surface area contributed by atoms with Crippen molar-refractivity contribution in [2.24, 2.45) is 11.8 Å². The van der Waals surface area contributed by atoms with Crippen molar-refractivity contribution in [1.82, 2.24) is 39.0 Å². The van der Waals surface area contributed by atoms with E-state index in [4.69, 9.17) is 56.9 Å². The quantitative estimate of drug-likeness (QED) is 0.219. The standard InChI is InChI=1S/C24H31N9O9P2S2/c1-10(2)14-18-13(40-23(14)32-9-31-16-20(25)27-7-29-22(16)32)5-38-44(36,46)42-19-17(34)12(4-37-43(35,45)41-18)39-24(19)33-8-30-15-11(3)26-6-28-21(15)33/h6-10,12-14,17-19,23-24,34H,4-5H2,1-3H3,(H,35,45)(H,36,46)(H2,25,27,29)/t12-,13-,14-,17-,18-,19-,23-,24-,43?,44?/m1/s1. The molecule has 0 aromatic carbocycles. The molecular formula is C24H31N9O9P2S2. The zero-order valence-electron chi connectivity index (χ0n) is 24.6. The largest absolute Gasteiger partial charge is 0.387 e. The maximum atomic E-state index is 11.3. The van der Waals surface area contributed by atoms with Crippen LogP contribution in [0.2, 0.25) is 0 Å². The van der Waals surface area contributed by atoms with Gasteiger partial charge in [-0.15, -0.1) is 0 Å². The Morgan fingerprint density at radius 1 is 0.826 bits per heavy atom. The fourth-order valence-electron chi connectivity index (χ4n) is 6.10. The molecule has 0 saturated carbocycles. The average Bonchev–Trinajstić information content (AvgIpc) is 3.75. The Kier molecular flexibility index (Phi) is 8.50. The molecule has 248 valence electrons. The van der Waals surface area contributed by atoms with Crippen LogP contribution in [0.3, 0.4) is 0 Å². The molecule has 0 radical (unpaired) electrons. The number of nitrogen functional groups attached to an aromatic ring is 1. The predicted molar refractivity (Wildman–Crippen MR) is 167 cm³/mol. The molecule has 3 saturated heterocycles. The third-order valence-electron chi connectivity index (χ3n) is 8.26.